The number of amides is 1. The Bertz CT molecular complexity index is 611. The summed E-state index contributed by atoms with van der Waals surface area (Å²) in [5.74, 6) is 0.541. The van der Waals surface area contributed by atoms with Crippen LogP contribution in [0, 0.1) is 0 Å². The van der Waals surface area contributed by atoms with Crippen molar-refractivity contribution in [2.24, 2.45) is 0 Å². The standard InChI is InChI=1S/C17H20N2O2/c1-19(11-10-13-6-4-3-5-7-13)17(20)14-8-9-16(21-2)15(18)12-14/h3-9,12H,10-11,18H2,1-2H3. The molecule has 0 bridgehead atoms. The first-order chi connectivity index (χ1) is 10.1. The second-order valence-corrected chi connectivity index (χ2v) is 4.92. The number of methoxy groups -OCH3 is 1. The minimum absolute atomic E-state index is 0.0414. The Morgan fingerprint density at radius 2 is 1.90 bits per heavy atom. The summed E-state index contributed by atoms with van der Waals surface area (Å²) in [5, 5.41) is 0. The Labute approximate surface area is 125 Å². The summed E-state index contributed by atoms with van der Waals surface area (Å²) in [6, 6.07) is 15.2. The van der Waals surface area contributed by atoms with Gasteiger partial charge in [0, 0.05) is 19.2 Å². The quantitative estimate of drug-likeness (QED) is 0.859. The number of carbonyl (C=O) groups excluding carboxylic acids is 1. The Kier molecular flexibility index (Phi) is 4.82. The predicted molar refractivity (Wildman–Crippen MR) is 84.5 cm³/mol. The number of benzene rings is 2. The maximum atomic E-state index is 12.3. The van der Waals surface area contributed by atoms with Crippen LogP contribution in [0.2, 0.25) is 0 Å². The second kappa shape index (κ2) is 6.79. The van der Waals surface area contributed by atoms with Gasteiger partial charge in [0.05, 0.1) is 12.8 Å². The molecule has 2 N–H and O–H groups in total. The summed E-state index contributed by atoms with van der Waals surface area (Å²) in [7, 11) is 3.35. The molecule has 0 saturated carbocycles. The van der Waals surface area contributed by atoms with Crippen LogP contribution in [0.25, 0.3) is 0 Å². The average Bonchev–Trinajstić information content (AvgIpc) is 2.52. The van der Waals surface area contributed by atoms with E-state index in [2.05, 4.69) is 12.1 Å². The minimum atomic E-state index is -0.0414. The maximum absolute atomic E-state index is 12.3. The lowest BCUT2D eigenvalue weighted by Crippen LogP contribution is -2.28. The average molecular weight is 284 g/mol. The van der Waals surface area contributed by atoms with Gasteiger partial charge in [0.25, 0.3) is 5.91 Å². The van der Waals surface area contributed by atoms with Crippen LogP contribution in [0.1, 0.15) is 15.9 Å². The maximum Gasteiger partial charge on any atom is 0.253 e. The predicted octanol–water partition coefficient (Wildman–Crippen LogP) is 2.59. The summed E-state index contributed by atoms with van der Waals surface area (Å²) < 4.78 is 5.10. The number of carbonyl (C=O) groups is 1. The van der Waals surface area contributed by atoms with Gasteiger partial charge in [-0.2, -0.15) is 0 Å². The van der Waals surface area contributed by atoms with Crippen molar-refractivity contribution in [3.8, 4) is 5.75 Å². The van der Waals surface area contributed by atoms with Crippen molar-refractivity contribution in [3.05, 3.63) is 59.7 Å². The fourth-order valence-electron chi connectivity index (χ4n) is 2.13. The normalized spacial score (nSPS) is 10.2. The fraction of sp³-hybridized carbons (Fsp3) is 0.235. The number of nitrogen functional groups attached to an aromatic ring is 1. The lowest BCUT2D eigenvalue weighted by atomic mass is 10.1. The molecule has 4 nitrogen and oxygen atoms in total. The molecule has 2 rings (SSSR count). The molecule has 0 fully saturated rings. The van der Waals surface area contributed by atoms with E-state index in [0.717, 1.165) is 6.42 Å². The van der Waals surface area contributed by atoms with Crippen LogP contribution in [-0.2, 0) is 6.42 Å². The number of likely N-dealkylation sites (N-methyl/N-ethyl adjacent to an activating group) is 1. The van der Waals surface area contributed by atoms with Crippen LogP contribution in [0.15, 0.2) is 48.5 Å². The molecule has 110 valence electrons. The van der Waals surface area contributed by atoms with Gasteiger partial charge in [0.2, 0.25) is 0 Å². The molecule has 4 heteroatoms. The van der Waals surface area contributed by atoms with Crippen LogP contribution in [0.4, 0.5) is 5.69 Å². The van der Waals surface area contributed by atoms with E-state index in [-0.39, 0.29) is 5.91 Å². The van der Waals surface area contributed by atoms with E-state index in [0.29, 0.717) is 23.5 Å². The first-order valence-electron chi connectivity index (χ1n) is 6.84. The molecule has 0 unspecified atom stereocenters. The summed E-state index contributed by atoms with van der Waals surface area (Å²) >= 11 is 0. The van der Waals surface area contributed by atoms with Gasteiger partial charge >= 0.3 is 0 Å². The van der Waals surface area contributed by atoms with Crippen LogP contribution in [-0.4, -0.2) is 31.5 Å². The first kappa shape index (κ1) is 14.9. The Morgan fingerprint density at radius 3 is 2.52 bits per heavy atom. The summed E-state index contributed by atoms with van der Waals surface area (Å²) in [5.41, 5.74) is 8.10. The van der Waals surface area contributed by atoms with Crippen LogP contribution in [0.3, 0.4) is 0 Å². The van der Waals surface area contributed by atoms with Gasteiger partial charge in [0.15, 0.2) is 0 Å². The van der Waals surface area contributed by atoms with Crippen LogP contribution in [0.5, 0.6) is 5.75 Å². The summed E-state index contributed by atoms with van der Waals surface area (Å²) in [6.45, 7) is 0.661. The highest BCUT2D eigenvalue weighted by molar-refractivity contribution is 5.95. The Morgan fingerprint density at radius 1 is 1.19 bits per heavy atom. The highest BCUT2D eigenvalue weighted by Gasteiger charge is 2.13. The number of nitrogens with two attached hydrogens (primary N) is 1. The van der Waals surface area contributed by atoms with Crippen molar-refractivity contribution in [2.45, 2.75) is 6.42 Å². The Hall–Kier alpha value is -2.49. The smallest absolute Gasteiger partial charge is 0.253 e. The summed E-state index contributed by atoms with van der Waals surface area (Å²) in [4.78, 5) is 14.0. The van der Waals surface area contributed by atoms with Crippen molar-refractivity contribution in [1.82, 2.24) is 4.90 Å². The lowest BCUT2D eigenvalue weighted by Gasteiger charge is -2.18. The molecule has 1 amide bonds. The number of nitrogens with zero attached hydrogens (tertiary/aromatic N) is 1. The molecule has 2 aromatic carbocycles. The van der Waals surface area contributed by atoms with E-state index in [4.69, 9.17) is 10.5 Å². The largest absolute Gasteiger partial charge is 0.495 e. The zero-order valence-corrected chi connectivity index (χ0v) is 12.4. The number of hydrogen-bond donors (Lipinski definition) is 1. The molecule has 21 heavy (non-hydrogen) atoms. The number of hydrogen-bond acceptors (Lipinski definition) is 3. The van der Waals surface area contributed by atoms with E-state index < -0.39 is 0 Å². The highest BCUT2D eigenvalue weighted by atomic mass is 16.5. The lowest BCUT2D eigenvalue weighted by molar-refractivity contribution is 0.0796. The SMILES string of the molecule is COc1ccc(C(=O)N(C)CCc2ccccc2)cc1N. The molecule has 0 aliphatic carbocycles. The molecule has 0 atom stereocenters. The van der Waals surface area contributed by atoms with Crippen LogP contribution >= 0.6 is 0 Å². The van der Waals surface area contributed by atoms with Crippen molar-refractivity contribution < 1.29 is 9.53 Å². The third-order valence-corrected chi connectivity index (χ3v) is 3.40. The van der Waals surface area contributed by atoms with Gasteiger partial charge in [-0.1, -0.05) is 30.3 Å². The zero-order chi connectivity index (χ0) is 15.2. The Balaban J connectivity index is 2.00. The van der Waals surface area contributed by atoms with Crippen molar-refractivity contribution in [1.29, 1.82) is 0 Å². The van der Waals surface area contributed by atoms with E-state index in [9.17, 15) is 4.79 Å². The molecule has 0 aliphatic rings. The van der Waals surface area contributed by atoms with E-state index in [1.54, 1.807) is 37.3 Å². The molecule has 0 spiro atoms. The van der Waals surface area contributed by atoms with Crippen molar-refractivity contribution in [3.63, 3.8) is 0 Å². The zero-order valence-electron chi connectivity index (χ0n) is 12.4. The minimum Gasteiger partial charge on any atom is -0.495 e. The molecule has 0 saturated heterocycles. The molecular weight excluding hydrogens is 264 g/mol. The van der Waals surface area contributed by atoms with Gasteiger partial charge in [-0.25, -0.2) is 0 Å². The molecule has 0 aliphatic heterocycles. The number of rotatable bonds is 5. The van der Waals surface area contributed by atoms with E-state index in [1.165, 1.54) is 5.56 Å². The number of ether oxygens (including phenoxy) is 1. The van der Waals surface area contributed by atoms with Crippen LogP contribution < -0.4 is 10.5 Å². The first-order valence-corrected chi connectivity index (χ1v) is 6.84. The second-order valence-electron chi connectivity index (χ2n) is 4.92. The highest BCUT2D eigenvalue weighted by Crippen LogP contribution is 2.22. The molecule has 0 radical (unpaired) electrons. The summed E-state index contributed by atoms with van der Waals surface area (Å²) in [6.07, 6.45) is 0.828. The third kappa shape index (κ3) is 3.75. The van der Waals surface area contributed by atoms with E-state index in [1.807, 2.05) is 18.2 Å². The topological polar surface area (TPSA) is 55.6 Å². The van der Waals surface area contributed by atoms with Gasteiger partial charge in [-0.05, 0) is 30.2 Å². The van der Waals surface area contributed by atoms with E-state index >= 15 is 0 Å². The van der Waals surface area contributed by atoms with Gasteiger partial charge < -0.3 is 15.4 Å². The fourth-order valence-corrected chi connectivity index (χ4v) is 2.13. The van der Waals surface area contributed by atoms with Crippen molar-refractivity contribution >= 4 is 11.6 Å². The molecule has 0 heterocycles. The van der Waals surface area contributed by atoms with Crippen molar-refractivity contribution in [2.75, 3.05) is 26.4 Å². The monoisotopic (exact) mass is 284 g/mol. The van der Waals surface area contributed by atoms with Gasteiger partial charge in [0.1, 0.15) is 5.75 Å². The molecule has 0 aromatic heterocycles. The molecular formula is C17H20N2O2. The number of anilines is 1. The van der Waals surface area contributed by atoms with Gasteiger partial charge in [-0.15, -0.1) is 0 Å². The van der Waals surface area contributed by atoms with Gasteiger partial charge in [-0.3, -0.25) is 4.79 Å². The molecule has 2 aromatic rings. The third-order valence-electron chi connectivity index (χ3n) is 3.40.